The lowest BCUT2D eigenvalue weighted by atomic mass is 9.89. The second kappa shape index (κ2) is 4.88. The van der Waals surface area contributed by atoms with E-state index < -0.39 is 29.5 Å². The number of carbonyl (C=O) groups is 1. The van der Waals surface area contributed by atoms with Crippen molar-refractivity contribution in [3.05, 3.63) is 34.4 Å². The minimum absolute atomic E-state index is 0.245. The molecule has 21 heavy (non-hydrogen) atoms. The van der Waals surface area contributed by atoms with Crippen LogP contribution in [0.25, 0.3) is 0 Å². The molecule has 0 heterocycles. The summed E-state index contributed by atoms with van der Waals surface area (Å²) in [5, 5.41) is 0. The van der Waals surface area contributed by atoms with E-state index in [4.69, 9.17) is 5.73 Å². The van der Waals surface area contributed by atoms with Crippen LogP contribution in [0.2, 0.25) is 0 Å². The molecule has 0 unspecified atom stereocenters. The predicted molar refractivity (Wildman–Crippen MR) is 59.3 cm³/mol. The number of amides is 1. The van der Waals surface area contributed by atoms with Crippen LogP contribution in [0, 0.1) is 13.8 Å². The first-order valence-electron chi connectivity index (χ1n) is 5.47. The van der Waals surface area contributed by atoms with E-state index in [-0.39, 0.29) is 16.7 Å². The molecule has 0 aliphatic rings. The molecular formula is C12H10F7NO. The largest absolute Gasteiger partial charge is 0.435 e. The van der Waals surface area contributed by atoms with E-state index >= 15 is 0 Å². The Labute approximate surface area is 114 Å². The molecule has 9 heteroatoms. The van der Waals surface area contributed by atoms with Crippen molar-refractivity contribution in [1.29, 1.82) is 0 Å². The Hall–Kier alpha value is -1.80. The molecule has 1 aromatic carbocycles. The Bertz CT molecular complexity index is 537. The number of primary amides is 1. The van der Waals surface area contributed by atoms with Gasteiger partial charge in [0.1, 0.15) is 0 Å². The second-order valence-electron chi connectivity index (χ2n) is 4.50. The first-order chi connectivity index (χ1) is 9.23. The quantitative estimate of drug-likeness (QED) is 0.831. The van der Waals surface area contributed by atoms with E-state index in [1.54, 1.807) is 0 Å². The van der Waals surface area contributed by atoms with Crippen molar-refractivity contribution in [1.82, 2.24) is 0 Å². The summed E-state index contributed by atoms with van der Waals surface area (Å²) < 4.78 is 89.6. The van der Waals surface area contributed by atoms with Gasteiger partial charge in [0.2, 0.25) is 5.91 Å². The van der Waals surface area contributed by atoms with Gasteiger partial charge in [-0.15, -0.1) is 0 Å². The van der Waals surface area contributed by atoms with Crippen LogP contribution in [-0.2, 0) is 5.67 Å². The fraction of sp³-hybridized carbons (Fsp3) is 0.417. The molecule has 0 saturated carbocycles. The number of carbonyl (C=O) groups excluding carboxylic acids is 1. The summed E-state index contributed by atoms with van der Waals surface area (Å²) in [6.07, 6.45) is -12.4. The SMILES string of the molecule is Cc1cc(C(F)(C(F)(F)F)C(F)(F)F)cc(C)c1C(N)=O. The fourth-order valence-electron chi connectivity index (χ4n) is 2.04. The summed E-state index contributed by atoms with van der Waals surface area (Å²) in [6, 6.07) is 0.655. The van der Waals surface area contributed by atoms with Crippen molar-refractivity contribution >= 4 is 5.91 Å². The number of rotatable bonds is 2. The number of hydrogen-bond acceptors (Lipinski definition) is 1. The lowest BCUT2D eigenvalue weighted by Crippen LogP contribution is -2.50. The molecule has 0 saturated heterocycles. The topological polar surface area (TPSA) is 43.1 Å². The Morgan fingerprint density at radius 3 is 1.48 bits per heavy atom. The van der Waals surface area contributed by atoms with E-state index in [1.807, 2.05) is 0 Å². The van der Waals surface area contributed by atoms with Gasteiger partial charge in [0.05, 0.1) is 0 Å². The third-order valence-electron chi connectivity index (χ3n) is 2.96. The third-order valence-corrected chi connectivity index (χ3v) is 2.96. The van der Waals surface area contributed by atoms with Crippen LogP contribution in [0.4, 0.5) is 30.7 Å². The molecule has 2 N–H and O–H groups in total. The third kappa shape index (κ3) is 2.68. The number of benzene rings is 1. The molecule has 1 amide bonds. The summed E-state index contributed by atoms with van der Waals surface area (Å²) in [4.78, 5) is 11.1. The van der Waals surface area contributed by atoms with Crippen molar-refractivity contribution in [3.8, 4) is 0 Å². The molecule has 1 rings (SSSR count). The highest BCUT2D eigenvalue weighted by molar-refractivity contribution is 5.95. The van der Waals surface area contributed by atoms with Crippen LogP contribution in [-0.4, -0.2) is 18.3 Å². The average molecular weight is 317 g/mol. The lowest BCUT2D eigenvalue weighted by Gasteiger charge is -2.31. The molecular weight excluding hydrogens is 307 g/mol. The molecule has 2 nitrogen and oxygen atoms in total. The highest BCUT2D eigenvalue weighted by Gasteiger charge is 2.73. The van der Waals surface area contributed by atoms with Gasteiger partial charge in [-0.1, -0.05) is 12.1 Å². The van der Waals surface area contributed by atoms with Gasteiger partial charge in [-0.3, -0.25) is 4.79 Å². The molecule has 0 aromatic heterocycles. The molecule has 0 aliphatic carbocycles. The zero-order valence-electron chi connectivity index (χ0n) is 10.8. The van der Waals surface area contributed by atoms with E-state index in [1.165, 1.54) is 0 Å². The predicted octanol–water partition coefficient (Wildman–Crippen LogP) is 3.69. The highest BCUT2D eigenvalue weighted by atomic mass is 19.4. The lowest BCUT2D eigenvalue weighted by molar-refractivity contribution is -0.348. The van der Waals surface area contributed by atoms with Gasteiger partial charge in [0.15, 0.2) is 0 Å². The van der Waals surface area contributed by atoms with Crippen LogP contribution >= 0.6 is 0 Å². The molecule has 118 valence electrons. The highest BCUT2D eigenvalue weighted by Crippen LogP contribution is 2.53. The smallest absolute Gasteiger partial charge is 0.366 e. The van der Waals surface area contributed by atoms with Gasteiger partial charge >= 0.3 is 18.0 Å². The van der Waals surface area contributed by atoms with Crippen molar-refractivity contribution in [2.75, 3.05) is 0 Å². The number of hydrogen-bond donors (Lipinski definition) is 1. The minimum atomic E-state index is -6.20. The Kier molecular flexibility index (Phi) is 4.01. The van der Waals surface area contributed by atoms with Gasteiger partial charge in [0.25, 0.3) is 0 Å². The first kappa shape index (κ1) is 17.3. The second-order valence-corrected chi connectivity index (χ2v) is 4.50. The molecule has 1 aromatic rings. The normalized spacial score (nSPS) is 13.4. The molecule has 0 fully saturated rings. The van der Waals surface area contributed by atoms with Crippen molar-refractivity contribution < 1.29 is 35.5 Å². The Morgan fingerprint density at radius 1 is 0.905 bits per heavy atom. The fourth-order valence-corrected chi connectivity index (χ4v) is 2.04. The van der Waals surface area contributed by atoms with Gasteiger partial charge in [-0.25, -0.2) is 4.39 Å². The summed E-state index contributed by atoms with van der Waals surface area (Å²) in [5.41, 5.74) is -2.98. The van der Waals surface area contributed by atoms with Crippen LogP contribution in [0.1, 0.15) is 27.0 Å². The van der Waals surface area contributed by atoms with E-state index in [0.717, 1.165) is 13.8 Å². The van der Waals surface area contributed by atoms with Crippen LogP contribution < -0.4 is 5.73 Å². The summed E-state index contributed by atoms with van der Waals surface area (Å²) in [5.74, 6) is -1.03. The standard InChI is InChI=1S/C12H10F7NO/c1-5-3-7(4-6(2)8(5)9(20)21)10(13,11(14,15)16)12(17,18)19/h3-4H,1-2H3,(H2,20,21). The van der Waals surface area contributed by atoms with E-state index in [0.29, 0.717) is 12.1 Å². The van der Waals surface area contributed by atoms with Crippen LogP contribution in [0.15, 0.2) is 12.1 Å². The Balaban J connectivity index is 3.68. The minimum Gasteiger partial charge on any atom is -0.366 e. The Morgan fingerprint density at radius 2 is 1.24 bits per heavy atom. The van der Waals surface area contributed by atoms with E-state index in [9.17, 15) is 35.5 Å². The maximum Gasteiger partial charge on any atom is 0.435 e. The van der Waals surface area contributed by atoms with Crippen LogP contribution in [0.3, 0.4) is 0 Å². The first-order valence-corrected chi connectivity index (χ1v) is 5.47. The van der Waals surface area contributed by atoms with Gasteiger partial charge in [0, 0.05) is 11.1 Å². The molecule has 0 atom stereocenters. The summed E-state index contributed by atoms with van der Waals surface area (Å²) >= 11 is 0. The zero-order chi connectivity index (χ0) is 16.8. The van der Waals surface area contributed by atoms with Gasteiger partial charge in [-0.2, -0.15) is 26.3 Å². The van der Waals surface area contributed by atoms with E-state index in [2.05, 4.69) is 0 Å². The average Bonchev–Trinajstić information content (AvgIpc) is 2.22. The van der Waals surface area contributed by atoms with Gasteiger partial charge < -0.3 is 5.73 Å². The van der Waals surface area contributed by atoms with Crippen molar-refractivity contribution in [3.63, 3.8) is 0 Å². The number of halogens is 7. The van der Waals surface area contributed by atoms with Crippen molar-refractivity contribution in [2.24, 2.45) is 5.73 Å². The number of alkyl halides is 7. The van der Waals surface area contributed by atoms with Crippen LogP contribution in [0.5, 0.6) is 0 Å². The van der Waals surface area contributed by atoms with Gasteiger partial charge in [-0.05, 0) is 25.0 Å². The molecule has 0 spiro atoms. The summed E-state index contributed by atoms with van der Waals surface area (Å²) in [6.45, 7) is 2.15. The molecule has 0 radical (unpaired) electrons. The number of nitrogens with two attached hydrogens (primary N) is 1. The zero-order valence-corrected chi connectivity index (χ0v) is 10.8. The number of aryl methyl sites for hydroxylation is 2. The maximum atomic E-state index is 13.9. The molecule has 0 aliphatic heterocycles. The summed E-state index contributed by atoms with van der Waals surface area (Å²) in [7, 11) is 0. The molecule has 0 bridgehead atoms. The van der Waals surface area contributed by atoms with Crippen molar-refractivity contribution in [2.45, 2.75) is 31.9 Å². The maximum absolute atomic E-state index is 13.9. The monoisotopic (exact) mass is 317 g/mol.